The van der Waals surface area contributed by atoms with E-state index in [1.807, 2.05) is 11.8 Å². The lowest BCUT2D eigenvalue weighted by molar-refractivity contribution is -0.134. The minimum Gasteiger partial charge on any atom is -0.493 e. The highest BCUT2D eigenvalue weighted by Gasteiger charge is 2.39. The molecule has 23 heavy (non-hydrogen) atoms. The Hall–Kier alpha value is -1.36. The number of fused-ring (bicyclic) bond motifs is 3. The molecule has 2 unspecified atom stereocenters. The fourth-order valence-corrected chi connectivity index (χ4v) is 5.11. The Morgan fingerprint density at radius 2 is 1.96 bits per heavy atom. The van der Waals surface area contributed by atoms with Crippen LogP contribution in [-0.4, -0.2) is 42.6 Å². The van der Waals surface area contributed by atoms with Gasteiger partial charge in [0.1, 0.15) is 0 Å². The summed E-state index contributed by atoms with van der Waals surface area (Å²) in [4.78, 5) is 14.9. The van der Waals surface area contributed by atoms with Crippen molar-refractivity contribution in [2.45, 2.75) is 38.0 Å². The summed E-state index contributed by atoms with van der Waals surface area (Å²) in [5, 5.41) is 0.118. The Morgan fingerprint density at radius 1 is 1.26 bits per heavy atom. The lowest BCUT2D eigenvalue weighted by Gasteiger charge is -2.43. The zero-order chi connectivity index (χ0) is 16.6. The molecular formula is C18H25NO3S. The van der Waals surface area contributed by atoms with Crippen LogP contribution in [0.5, 0.6) is 11.5 Å². The third kappa shape index (κ3) is 3.03. The van der Waals surface area contributed by atoms with Crippen LogP contribution in [0.15, 0.2) is 12.1 Å². The molecule has 0 aliphatic carbocycles. The smallest absolute Gasteiger partial charge is 0.236 e. The molecule has 0 aromatic heterocycles. The summed E-state index contributed by atoms with van der Waals surface area (Å²) in [6.07, 6.45) is 1.85. The lowest BCUT2D eigenvalue weighted by Crippen LogP contribution is -2.49. The van der Waals surface area contributed by atoms with Crippen LogP contribution in [0, 0.1) is 5.92 Å². The topological polar surface area (TPSA) is 38.8 Å². The van der Waals surface area contributed by atoms with Gasteiger partial charge in [0.15, 0.2) is 11.5 Å². The van der Waals surface area contributed by atoms with Gasteiger partial charge in [0.2, 0.25) is 5.91 Å². The first kappa shape index (κ1) is 16.5. The highest BCUT2D eigenvalue weighted by molar-refractivity contribution is 8.00. The van der Waals surface area contributed by atoms with E-state index in [1.165, 1.54) is 11.1 Å². The molecule has 2 aliphatic rings. The number of carbonyl (C=O) groups excluding carboxylic acids is 1. The standard InChI is InChI=1S/C18H25NO3S/c1-11(2)7-17-18(20)19-6-5-12-8-15(21-3)16(22-4)9-13(12)14(19)10-23-17/h8-9,11,14,17H,5-7,10H2,1-4H3. The van der Waals surface area contributed by atoms with E-state index in [0.29, 0.717) is 11.8 Å². The second kappa shape index (κ2) is 6.63. The number of rotatable bonds is 4. The molecule has 2 heterocycles. The SMILES string of the molecule is COc1cc2c(cc1OC)C1CSC(CC(C)C)C(=O)N1CC2. The molecular weight excluding hydrogens is 310 g/mol. The van der Waals surface area contributed by atoms with E-state index in [4.69, 9.17) is 9.47 Å². The van der Waals surface area contributed by atoms with E-state index in [2.05, 4.69) is 30.9 Å². The van der Waals surface area contributed by atoms with Crippen LogP contribution in [0.4, 0.5) is 0 Å². The first-order valence-electron chi connectivity index (χ1n) is 8.22. The molecule has 1 saturated heterocycles. The van der Waals surface area contributed by atoms with Crippen LogP contribution in [0.25, 0.3) is 0 Å². The highest BCUT2D eigenvalue weighted by atomic mass is 32.2. The van der Waals surface area contributed by atoms with Crippen molar-refractivity contribution in [1.82, 2.24) is 4.90 Å². The lowest BCUT2D eigenvalue weighted by atomic mass is 9.91. The summed E-state index contributed by atoms with van der Waals surface area (Å²) in [5.41, 5.74) is 2.50. The Balaban J connectivity index is 1.89. The number of methoxy groups -OCH3 is 2. The molecule has 0 radical (unpaired) electrons. The summed E-state index contributed by atoms with van der Waals surface area (Å²) >= 11 is 1.81. The van der Waals surface area contributed by atoms with Crippen molar-refractivity contribution >= 4 is 17.7 Å². The molecule has 0 spiro atoms. The van der Waals surface area contributed by atoms with E-state index in [-0.39, 0.29) is 11.3 Å². The molecule has 3 rings (SSSR count). The third-order valence-electron chi connectivity index (χ3n) is 4.70. The molecule has 1 aromatic rings. The minimum atomic E-state index is 0.118. The minimum absolute atomic E-state index is 0.118. The van der Waals surface area contributed by atoms with E-state index < -0.39 is 0 Å². The number of ether oxygens (including phenoxy) is 2. The number of hydrogen-bond acceptors (Lipinski definition) is 4. The molecule has 126 valence electrons. The zero-order valence-corrected chi connectivity index (χ0v) is 15.1. The van der Waals surface area contributed by atoms with Gasteiger partial charge < -0.3 is 14.4 Å². The normalized spacial score (nSPS) is 23.5. The van der Waals surface area contributed by atoms with Gasteiger partial charge in [0.05, 0.1) is 25.5 Å². The van der Waals surface area contributed by atoms with Crippen molar-refractivity contribution in [3.05, 3.63) is 23.3 Å². The van der Waals surface area contributed by atoms with Crippen molar-refractivity contribution in [3.63, 3.8) is 0 Å². The first-order valence-corrected chi connectivity index (χ1v) is 9.27. The summed E-state index contributed by atoms with van der Waals surface area (Å²) in [6, 6.07) is 4.29. The molecule has 1 aromatic carbocycles. The third-order valence-corrected chi connectivity index (χ3v) is 6.01. The number of hydrogen-bond donors (Lipinski definition) is 0. The first-order chi connectivity index (χ1) is 11.0. The van der Waals surface area contributed by atoms with Gasteiger partial charge in [-0.25, -0.2) is 0 Å². The summed E-state index contributed by atoms with van der Waals surface area (Å²) < 4.78 is 10.9. The molecule has 0 saturated carbocycles. The molecule has 2 atom stereocenters. The molecule has 0 N–H and O–H groups in total. The van der Waals surface area contributed by atoms with Crippen LogP contribution in [0.2, 0.25) is 0 Å². The monoisotopic (exact) mass is 335 g/mol. The molecule has 1 fully saturated rings. The van der Waals surface area contributed by atoms with Crippen molar-refractivity contribution in [3.8, 4) is 11.5 Å². The summed E-state index contributed by atoms with van der Waals surface area (Å²) in [7, 11) is 3.32. The van der Waals surface area contributed by atoms with Crippen LogP contribution in [0.1, 0.15) is 37.4 Å². The number of thioether (sulfide) groups is 1. The fourth-order valence-electron chi connectivity index (χ4n) is 3.53. The van der Waals surface area contributed by atoms with Gasteiger partial charge in [-0.05, 0) is 42.0 Å². The van der Waals surface area contributed by atoms with Gasteiger partial charge >= 0.3 is 0 Å². The Morgan fingerprint density at radius 3 is 2.61 bits per heavy atom. The summed E-state index contributed by atoms with van der Waals surface area (Å²) in [6.45, 7) is 5.17. The van der Waals surface area contributed by atoms with Crippen LogP contribution >= 0.6 is 11.8 Å². The van der Waals surface area contributed by atoms with Crippen molar-refractivity contribution in [2.75, 3.05) is 26.5 Å². The number of carbonyl (C=O) groups is 1. The van der Waals surface area contributed by atoms with Crippen molar-refractivity contribution in [2.24, 2.45) is 5.92 Å². The average Bonchev–Trinajstić information content (AvgIpc) is 2.55. The predicted octanol–water partition coefficient (Wildman–Crippen LogP) is 3.29. The van der Waals surface area contributed by atoms with Crippen LogP contribution < -0.4 is 9.47 Å². The predicted molar refractivity (Wildman–Crippen MR) is 93.4 cm³/mol. The largest absolute Gasteiger partial charge is 0.493 e. The zero-order valence-electron chi connectivity index (χ0n) is 14.3. The van der Waals surface area contributed by atoms with E-state index >= 15 is 0 Å². The summed E-state index contributed by atoms with van der Waals surface area (Å²) in [5.74, 6) is 3.34. The maximum Gasteiger partial charge on any atom is 0.236 e. The average molecular weight is 335 g/mol. The van der Waals surface area contributed by atoms with Gasteiger partial charge in [-0.3, -0.25) is 4.79 Å². The molecule has 5 heteroatoms. The van der Waals surface area contributed by atoms with Crippen molar-refractivity contribution in [1.29, 1.82) is 0 Å². The van der Waals surface area contributed by atoms with Crippen molar-refractivity contribution < 1.29 is 14.3 Å². The Bertz CT molecular complexity index is 602. The molecule has 4 nitrogen and oxygen atoms in total. The molecule has 0 bridgehead atoms. The van der Waals surface area contributed by atoms with E-state index in [9.17, 15) is 4.79 Å². The van der Waals surface area contributed by atoms with Gasteiger partial charge in [0, 0.05) is 12.3 Å². The maximum absolute atomic E-state index is 12.8. The Kier molecular flexibility index (Phi) is 4.76. The van der Waals surface area contributed by atoms with Gasteiger partial charge in [0.25, 0.3) is 0 Å². The number of nitrogens with zero attached hydrogens (tertiary/aromatic N) is 1. The second-order valence-corrected chi connectivity index (χ2v) is 7.89. The van der Waals surface area contributed by atoms with E-state index in [1.54, 1.807) is 14.2 Å². The van der Waals surface area contributed by atoms with Crippen LogP contribution in [-0.2, 0) is 11.2 Å². The van der Waals surface area contributed by atoms with Crippen LogP contribution in [0.3, 0.4) is 0 Å². The van der Waals surface area contributed by atoms with Gasteiger partial charge in [-0.15, -0.1) is 11.8 Å². The fraction of sp³-hybridized carbons (Fsp3) is 0.611. The highest BCUT2D eigenvalue weighted by Crippen LogP contribution is 2.43. The Labute approximate surface area is 142 Å². The quantitative estimate of drug-likeness (QED) is 0.846. The van der Waals surface area contributed by atoms with Gasteiger partial charge in [-0.2, -0.15) is 0 Å². The van der Waals surface area contributed by atoms with E-state index in [0.717, 1.165) is 36.6 Å². The maximum atomic E-state index is 12.8. The number of amides is 1. The second-order valence-electron chi connectivity index (χ2n) is 6.65. The number of benzene rings is 1. The molecule has 1 amide bonds. The molecule has 2 aliphatic heterocycles. The van der Waals surface area contributed by atoms with Gasteiger partial charge in [-0.1, -0.05) is 13.8 Å².